The van der Waals surface area contributed by atoms with E-state index >= 15 is 0 Å². The van der Waals surface area contributed by atoms with Gasteiger partial charge >= 0.3 is 5.97 Å². The molecule has 0 saturated heterocycles. The van der Waals surface area contributed by atoms with E-state index in [0.717, 1.165) is 15.6 Å². The van der Waals surface area contributed by atoms with Crippen molar-refractivity contribution in [3.8, 4) is 0 Å². The number of hydrogen-bond donors (Lipinski definition) is 1. The van der Waals surface area contributed by atoms with Gasteiger partial charge in [-0.1, -0.05) is 40.2 Å². The maximum atomic E-state index is 13.3. The number of hydrogen-bond acceptors (Lipinski definition) is 1. The van der Waals surface area contributed by atoms with Gasteiger partial charge in [-0.05, 0) is 54.7 Å². The third kappa shape index (κ3) is 4.14. The van der Waals surface area contributed by atoms with E-state index in [2.05, 4.69) is 15.9 Å². The summed E-state index contributed by atoms with van der Waals surface area (Å²) in [7, 11) is 0. The molecule has 2 rings (SSSR count). The van der Waals surface area contributed by atoms with Crippen LogP contribution in [-0.4, -0.2) is 11.1 Å². The summed E-state index contributed by atoms with van der Waals surface area (Å²) in [6.07, 6.45) is 0.729. The molecule has 1 atom stereocenters. The Morgan fingerprint density at radius 3 is 2.52 bits per heavy atom. The molecule has 0 saturated carbocycles. The van der Waals surface area contributed by atoms with Crippen molar-refractivity contribution >= 4 is 21.9 Å². The Morgan fingerprint density at radius 1 is 1.19 bits per heavy atom. The molecule has 0 spiro atoms. The fourth-order valence-electron chi connectivity index (χ4n) is 2.32. The molecule has 2 nitrogen and oxygen atoms in total. The fraction of sp³-hybridized carbons (Fsp3) is 0.235. The zero-order valence-electron chi connectivity index (χ0n) is 11.6. The minimum absolute atomic E-state index is 0.294. The van der Waals surface area contributed by atoms with Crippen LogP contribution >= 0.6 is 15.9 Å². The van der Waals surface area contributed by atoms with Crippen LogP contribution in [-0.2, 0) is 17.6 Å². The van der Waals surface area contributed by atoms with Crippen molar-refractivity contribution in [2.75, 3.05) is 0 Å². The zero-order valence-corrected chi connectivity index (χ0v) is 13.2. The Labute approximate surface area is 131 Å². The average Bonchev–Trinajstić information content (AvgIpc) is 2.44. The number of aryl methyl sites for hydroxylation is 1. The second-order valence-electron chi connectivity index (χ2n) is 5.11. The highest BCUT2D eigenvalue weighted by Gasteiger charge is 2.20. The molecule has 0 fully saturated rings. The van der Waals surface area contributed by atoms with Crippen LogP contribution in [0.5, 0.6) is 0 Å². The number of carbonyl (C=O) groups is 1. The molecule has 1 N–H and O–H groups in total. The number of halogens is 2. The predicted molar refractivity (Wildman–Crippen MR) is 83.8 cm³/mol. The lowest BCUT2D eigenvalue weighted by molar-refractivity contribution is -0.141. The van der Waals surface area contributed by atoms with Gasteiger partial charge in [-0.2, -0.15) is 0 Å². The van der Waals surface area contributed by atoms with Crippen molar-refractivity contribution in [3.05, 3.63) is 69.4 Å². The number of carboxylic acids is 1. The highest BCUT2D eigenvalue weighted by Crippen LogP contribution is 2.24. The lowest BCUT2D eigenvalue weighted by Gasteiger charge is -2.15. The van der Waals surface area contributed by atoms with Crippen LogP contribution in [0.1, 0.15) is 16.7 Å². The summed E-state index contributed by atoms with van der Waals surface area (Å²) < 4.78 is 14.1. The van der Waals surface area contributed by atoms with Gasteiger partial charge in [0.15, 0.2) is 0 Å². The van der Waals surface area contributed by atoms with E-state index in [1.165, 1.54) is 12.1 Å². The summed E-state index contributed by atoms with van der Waals surface area (Å²) >= 11 is 3.35. The zero-order chi connectivity index (χ0) is 15.4. The molecule has 2 aromatic carbocycles. The van der Waals surface area contributed by atoms with E-state index in [9.17, 15) is 14.3 Å². The molecule has 0 aliphatic heterocycles. The van der Waals surface area contributed by atoms with Gasteiger partial charge in [0, 0.05) is 4.47 Å². The lowest BCUT2D eigenvalue weighted by Crippen LogP contribution is -2.20. The number of benzene rings is 2. The molecular formula is C17H16BrFO2. The Morgan fingerprint density at radius 2 is 1.86 bits per heavy atom. The Balaban J connectivity index is 2.22. The Kier molecular flexibility index (Phi) is 5.12. The molecule has 1 unspecified atom stereocenters. The molecule has 0 aromatic heterocycles. The van der Waals surface area contributed by atoms with E-state index in [1.54, 1.807) is 6.07 Å². The van der Waals surface area contributed by atoms with E-state index in [4.69, 9.17) is 0 Å². The van der Waals surface area contributed by atoms with Crippen LogP contribution < -0.4 is 0 Å². The van der Waals surface area contributed by atoms with Gasteiger partial charge in [0.2, 0.25) is 0 Å². The largest absolute Gasteiger partial charge is 0.481 e. The highest BCUT2D eigenvalue weighted by atomic mass is 79.9. The van der Waals surface area contributed by atoms with Crippen molar-refractivity contribution < 1.29 is 14.3 Å². The van der Waals surface area contributed by atoms with Crippen LogP contribution in [0, 0.1) is 18.7 Å². The molecule has 21 heavy (non-hydrogen) atoms. The van der Waals surface area contributed by atoms with Crippen LogP contribution in [0.4, 0.5) is 4.39 Å². The number of carboxylic acid groups (broad SMARTS) is 1. The molecule has 0 heterocycles. The van der Waals surface area contributed by atoms with Gasteiger partial charge in [-0.15, -0.1) is 0 Å². The molecule has 0 amide bonds. The average molecular weight is 351 g/mol. The molecule has 0 bridgehead atoms. The SMILES string of the molecule is Cc1ccccc1CC(Cc1cc(F)ccc1Br)C(=O)O. The second-order valence-corrected chi connectivity index (χ2v) is 5.96. The summed E-state index contributed by atoms with van der Waals surface area (Å²) in [5.41, 5.74) is 2.76. The van der Waals surface area contributed by atoms with Crippen molar-refractivity contribution in [1.29, 1.82) is 0 Å². The van der Waals surface area contributed by atoms with Crippen LogP contribution in [0.25, 0.3) is 0 Å². The molecule has 0 aliphatic carbocycles. The van der Waals surface area contributed by atoms with Crippen molar-refractivity contribution in [3.63, 3.8) is 0 Å². The topological polar surface area (TPSA) is 37.3 Å². The predicted octanol–water partition coefficient (Wildman–Crippen LogP) is 4.38. The maximum absolute atomic E-state index is 13.3. The van der Waals surface area contributed by atoms with Gasteiger partial charge in [0.05, 0.1) is 5.92 Å². The van der Waals surface area contributed by atoms with E-state index < -0.39 is 11.9 Å². The van der Waals surface area contributed by atoms with Crippen LogP contribution in [0.15, 0.2) is 46.9 Å². The van der Waals surface area contributed by atoms with Crippen LogP contribution in [0.3, 0.4) is 0 Å². The first-order valence-corrected chi connectivity index (χ1v) is 7.48. The second kappa shape index (κ2) is 6.85. The van der Waals surface area contributed by atoms with Crippen molar-refractivity contribution in [1.82, 2.24) is 0 Å². The summed E-state index contributed by atoms with van der Waals surface area (Å²) in [6, 6.07) is 12.1. The van der Waals surface area contributed by atoms with Gasteiger partial charge in [-0.3, -0.25) is 4.79 Å². The Hall–Kier alpha value is -1.68. The minimum Gasteiger partial charge on any atom is -0.481 e. The van der Waals surface area contributed by atoms with Crippen LogP contribution in [0.2, 0.25) is 0 Å². The molecular weight excluding hydrogens is 335 g/mol. The van der Waals surface area contributed by atoms with Crippen molar-refractivity contribution in [2.45, 2.75) is 19.8 Å². The first-order valence-electron chi connectivity index (χ1n) is 6.68. The standard InChI is InChI=1S/C17H16BrFO2/c1-11-4-2-3-5-12(11)8-14(17(20)21)9-13-10-15(19)6-7-16(13)18/h2-7,10,14H,8-9H2,1H3,(H,20,21). The molecule has 110 valence electrons. The van der Waals surface area contributed by atoms with Gasteiger partial charge in [-0.25, -0.2) is 4.39 Å². The van der Waals surface area contributed by atoms with Gasteiger partial charge in [0.1, 0.15) is 5.82 Å². The first-order chi connectivity index (χ1) is 9.97. The Bertz CT molecular complexity index is 655. The van der Waals surface area contributed by atoms with Crippen molar-refractivity contribution in [2.24, 2.45) is 5.92 Å². The van der Waals surface area contributed by atoms with E-state index in [0.29, 0.717) is 18.4 Å². The monoisotopic (exact) mass is 350 g/mol. The maximum Gasteiger partial charge on any atom is 0.307 e. The summed E-state index contributed by atoms with van der Waals surface area (Å²) in [6.45, 7) is 1.96. The normalized spacial score (nSPS) is 12.1. The molecule has 0 aliphatic rings. The first kappa shape index (κ1) is 15.7. The smallest absolute Gasteiger partial charge is 0.307 e. The lowest BCUT2D eigenvalue weighted by atomic mass is 9.91. The molecule has 4 heteroatoms. The number of rotatable bonds is 5. The molecule has 0 radical (unpaired) electrons. The number of aliphatic carboxylic acids is 1. The third-order valence-electron chi connectivity index (χ3n) is 3.55. The summed E-state index contributed by atoms with van der Waals surface area (Å²) in [5, 5.41) is 9.44. The minimum atomic E-state index is -0.866. The fourth-order valence-corrected chi connectivity index (χ4v) is 2.73. The summed E-state index contributed by atoms with van der Waals surface area (Å²) in [4.78, 5) is 11.5. The van der Waals surface area contributed by atoms with Gasteiger partial charge < -0.3 is 5.11 Å². The molecule has 2 aromatic rings. The van der Waals surface area contributed by atoms with Gasteiger partial charge in [0.25, 0.3) is 0 Å². The third-order valence-corrected chi connectivity index (χ3v) is 4.32. The summed E-state index contributed by atoms with van der Waals surface area (Å²) in [5.74, 6) is -1.80. The van der Waals surface area contributed by atoms with E-state index in [-0.39, 0.29) is 5.82 Å². The highest BCUT2D eigenvalue weighted by molar-refractivity contribution is 9.10. The van der Waals surface area contributed by atoms with E-state index in [1.807, 2.05) is 31.2 Å². The quantitative estimate of drug-likeness (QED) is 0.868.